The summed E-state index contributed by atoms with van der Waals surface area (Å²) in [5, 5.41) is 1.70. The van der Waals surface area contributed by atoms with Gasteiger partial charge in [0.15, 0.2) is 7.14 Å². The predicted octanol–water partition coefficient (Wildman–Crippen LogP) is 4.74. The molecular weight excluding hydrogens is 325 g/mol. The predicted molar refractivity (Wildman–Crippen MR) is 110 cm³/mol. The summed E-state index contributed by atoms with van der Waals surface area (Å²) < 4.78 is 13.9. The first-order chi connectivity index (χ1) is 12.1. The van der Waals surface area contributed by atoms with Crippen LogP contribution in [-0.4, -0.2) is 14.1 Å². The molecule has 0 fully saturated rings. The molecule has 0 unspecified atom stereocenters. The minimum absolute atomic E-state index is 0.849. The molecule has 0 spiro atoms. The molecule has 0 heterocycles. The molecule has 0 aromatic heterocycles. The van der Waals surface area contributed by atoms with Gasteiger partial charge in [-0.05, 0) is 23.5 Å². The van der Waals surface area contributed by atoms with Crippen molar-refractivity contribution in [2.75, 3.05) is 19.0 Å². The molecule has 3 heteroatoms. The van der Waals surface area contributed by atoms with E-state index in [1.54, 1.807) is 0 Å². The number of nitrogens with zero attached hydrogens (tertiary/aromatic N) is 1. The van der Waals surface area contributed by atoms with Gasteiger partial charge < -0.3 is 9.46 Å². The van der Waals surface area contributed by atoms with E-state index >= 15 is 0 Å². The highest BCUT2D eigenvalue weighted by molar-refractivity contribution is 7.81. The summed E-state index contributed by atoms with van der Waals surface area (Å²) in [5.74, 6) is 1.86. The largest absolute Gasteiger partial charge is 0.378 e. The third kappa shape index (κ3) is 3.92. The van der Waals surface area contributed by atoms with Gasteiger partial charge in [0.05, 0.1) is 0 Å². The van der Waals surface area contributed by atoms with Crippen LogP contribution in [0, 0.1) is 0 Å². The Labute approximate surface area is 149 Å². The highest BCUT2D eigenvalue weighted by Gasteiger charge is 2.23. The van der Waals surface area contributed by atoms with Gasteiger partial charge in [0.25, 0.3) is 0 Å². The molecule has 0 aliphatic rings. The van der Waals surface area contributed by atoms with E-state index in [-0.39, 0.29) is 0 Å². The lowest BCUT2D eigenvalue weighted by molar-refractivity contribution is 0.592. The molecule has 0 bridgehead atoms. The second-order valence-electron chi connectivity index (χ2n) is 6.13. The van der Waals surface area contributed by atoms with E-state index in [0.29, 0.717) is 0 Å². The lowest BCUT2D eigenvalue weighted by Gasteiger charge is -2.15. The van der Waals surface area contributed by atoms with E-state index in [9.17, 15) is 4.57 Å². The summed E-state index contributed by atoms with van der Waals surface area (Å²) in [6.45, 7) is 0. The third-order valence-corrected chi connectivity index (χ3v) is 6.87. The topological polar surface area (TPSA) is 20.3 Å². The van der Waals surface area contributed by atoms with Crippen LogP contribution in [-0.2, 0) is 4.57 Å². The monoisotopic (exact) mass is 347 g/mol. The summed E-state index contributed by atoms with van der Waals surface area (Å²) in [7, 11) is 1.22. The lowest BCUT2D eigenvalue weighted by atomic mass is 10.2. The van der Waals surface area contributed by atoms with Crippen molar-refractivity contribution in [2.45, 2.75) is 0 Å². The molecule has 0 aliphatic carbocycles. The van der Waals surface area contributed by atoms with Crippen molar-refractivity contribution in [2.24, 2.45) is 0 Å². The lowest BCUT2D eigenvalue weighted by Crippen LogP contribution is -2.13. The Kier molecular flexibility index (Phi) is 5.21. The molecule has 0 saturated heterocycles. The molecule has 3 aromatic carbocycles. The first-order valence-electron chi connectivity index (χ1n) is 8.27. The maximum atomic E-state index is 13.9. The molecule has 2 nitrogen and oxygen atoms in total. The van der Waals surface area contributed by atoms with E-state index in [2.05, 4.69) is 17.0 Å². The van der Waals surface area contributed by atoms with Crippen molar-refractivity contribution in [3.05, 3.63) is 96.3 Å². The Morgan fingerprint density at radius 1 is 0.720 bits per heavy atom. The van der Waals surface area contributed by atoms with E-state index in [1.165, 1.54) is 0 Å². The Morgan fingerprint density at radius 3 is 1.64 bits per heavy atom. The number of hydrogen-bond acceptors (Lipinski definition) is 2. The van der Waals surface area contributed by atoms with E-state index in [1.807, 2.05) is 98.8 Å². The van der Waals surface area contributed by atoms with Gasteiger partial charge in [0.2, 0.25) is 0 Å². The number of rotatable bonds is 5. The van der Waals surface area contributed by atoms with Gasteiger partial charge in [-0.15, -0.1) is 0 Å². The molecule has 3 rings (SSSR count). The number of anilines is 1. The maximum absolute atomic E-state index is 13.9. The average Bonchev–Trinajstić information content (AvgIpc) is 2.68. The van der Waals surface area contributed by atoms with Crippen LogP contribution in [0.5, 0.6) is 0 Å². The fourth-order valence-electron chi connectivity index (χ4n) is 2.69. The molecular formula is C22H22NOP. The SMILES string of the molecule is CN(C)c1ccc(/C=C/P(=O)(c2ccccc2)c2ccccc2)cc1. The highest BCUT2D eigenvalue weighted by atomic mass is 31.2. The zero-order valence-corrected chi connectivity index (χ0v) is 15.4. The molecule has 0 radical (unpaired) electrons. The van der Waals surface area contributed by atoms with Crippen molar-refractivity contribution in [1.82, 2.24) is 0 Å². The second-order valence-corrected chi connectivity index (χ2v) is 8.78. The normalized spacial score (nSPS) is 11.6. The summed E-state index contributed by atoms with van der Waals surface area (Å²) in [4.78, 5) is 2.06. The molecule has 3 aromatic rings. The molecule has 0 saturated carbocycles. The number of hydrogen-bond donors (Lipinski definition) is 0. The first-order valence-corrected chi connectivity index (χ1v) is 10.0. The van der Waals surface area contributed by atoms with Crippen LogP contribution in [0.4, 0.5) is 5.69 Å². The van der Waals surface area contributed by atoms with Crippen molar-refractivity contribution >= 4 is 29.5 Å². The van der Waals surface area contributed by atoms with Crippen molar-refractivity contribution in [3.63, 3.8) is 0 Å². The summed E-state index contributed by atoms with van der Waals surface area (Å²) in [6.07, 6.45) is 1.96. The van der Waals surface area contributed by atoms with E-state index < -0.39 is 7.14 Å². The van der Waals surface area contributed by atoms with Gasteiger partial charge in [-0.2, -0.15) is 0 Å². The first kappa shape index (κ1) is 17.3. The Bertz CT molecular complexity index is 841. The van der Waals surface area contributed by atoms with Crippen LogP contribution in [0.25, 0.3) is 6.08 Å². The van der Waals surface area contributed by atoms with Gasteiger partial charge in [-0.1, -0.05) is 78.9 Å². The molecule has 0 amide bonds. The Hall–Kier alpha value is -2.57. The minimum atomic E-state index is -2.81. The smallest absolute Gasteiger partial charge is 0.164 e. The maximum Gasteiger partial charge on any atom is 0.164 e. The number of benzene rings is 3. The zero-order valence-electron chi connectivity index (χ0n) is 14.5. The standard InChI is InChI=1S/C22H22NOP/c1-23(2)20-15-13-19(14-16-20)17-18-25(24,21-9-5-3-6-10-21)22-11-7-4-8-12-22/h3-18H,1-2H3/b18-17+. The van der Waals surface area contributed by atoms with E-state index in [0.717, 1.165) is 21.9 Å². The van der Waals surface area contributed by atoms with Gasteiger partial charge in [0.1, 0.15) is 0 Å². The molecule has 0 aliphatic heterocycles. The van der Waals surface area contributed by atoms with Crippen molar-refractivity contribution < 1.29 is 4.57 Å². The zero-order chi connectivity index (χ0) is 17.7. The van der Waals surface area contributed by atoms with Crippen LogP contribution >= 0.6 is 7.14 Å². The van der Waals surface area contributed by atoms with Crippen LogP contribution in [0.2, 0.25) is 0 Å². The van der Waals surface area contributed by atoms with Gasteiger partial charge in [-0.25, -0.2) is 0 Å². The van der Waals surface area contributed by atoms with Crippen molar-refractivity contribution in [1.29, 1.82) is 0 Å². The van der Waals surface area contributed by atoms with Gasteiger partial charge in [-0.3, -0.25) is 0 Å². The Balaban J connectivity index is 2.00. The third-order valence-electron chi connectivity index (χ3n) is 4.17. The molecule has 126 valence electrons. The van der Waals surface area contributed by atoms with E-state index in [4.69, 9.17) is 0 Å². The summed E-state index contributed by atoms with van der Waals surface area (Å²) >= 11 is 0. The fourth-order valence-corrected chi connectivity index (χ4v) is 4.95. The quantitative estimate of drug-likeness (QED) is 0.622. The molecule has 0 N–H and O–H groups in total. The second kappa shape index (κ2) is 7.55. The van der Waals surface area contributed by atoms with Crippen LogP contribution in [0.15, 0.2) is 90.7 Å². The highest BCUT2D eigenvalue weighted by Crippen LogP contribution is 2.45. The fraction of sp³-hybridized carbons (Fsp3) is 0.0909. The average molecular weight is 347 g/mol. The van der Waals surface area contributed by atoms with Crippen LogP contribution < -0.4 is 15.5 Å². The summed E-state index contributed by atoms with van der Waals surface area (Å²) in [6, 6.07) is 27.6. The van der Waals surface area contributed by atoms with Gasteiger partial charge >= 0.3 is 0 Å². The summed E-state index contributed by atoms with van der Waals surface area (Å²) in [5.41, 5.74) is 2.18. The van der Waals surface area contributed by atoms with Crippen LogP contribution in [0.1, 0.15) is 5.56 Å². The molecule has 0 atom stereocenters. The Morgan fingerprint density at radius 2 is 1.20 bits per heavy atom. The van der Waals surface area contributed by atoms with Crippen LogP contribution in [0.3, 0.4) is 0 Å². The minimum Gasteiger partial charge on any atom is -0.378 e. The molecule has 25 heavy (non-hydrogen) atoms. The van der Waals surface area contributed by atoms with Gasteiger partial charge in [0, 0.05) is 30.4 Å². The van der Waals surface area contributed by atoms with Crippen molar-refractivity contribution in [3.8, 4) is 0 Å².